The van der Waals surface area contributed by atoms with Crippen LogP contribution in [0.5, 0.6) is 5.75 Å². The van der Waals surface area contributed by atoms with Crippen LogP contribution in [-0.4, -0.2) is 6.61 Å². The van der Waals surface area contributed by atoms with Crippen LogP contribution in [0.25, 0.3) is 0 Å². The van der Waals surface area contributed by atoms with Gasteiger partial charge in [-0.15, -0.1) is 0 Å². The molecule has 0 spiro atoms. The molecule has 0 radical (unpaired) electrons. The summed E-state index contributed by atoms with van der Waals surface area (Å²) < 4.78 is 6.14. The van der Waals surface area contributed by atoms with E-state index in [-0.39, 0.29) is 0 Å². The van der Waals surface area contributed by atoms with E-state index in [1.165, 1.54) is 141 Å². The summed E-state index contributed by atoms with van der Waals surface area (Å²) in [5.41, 5.74) is 1.55. The fourth-order valence-corrected chi connectivity index (χ4v) is 7.06. The van der Waals surface area contributed by atoms with Crippen molar-refractivity contribution >= 4 is 0 Å². The Balaban J connectivity index is 1.21. The van der Waals surface area contributed by atoms with Crippen LogP contribution in [0.3, 0.4) is 0 Å². The lowest BCUT2D eigenvalue weighted by molar-refractivity contribution is 0.228. The summed E-state index contributed by atoms with van der Waals surface area (Å²) >= 11 is 0. The largest absolute Gasteiger partial charge is 0.494 e. The van der Waals surface area contributed by atoms with Gasteiger partial charge in [-0.3, -0.25) is 0 Å². The minimum Gasteiger partial charge on any atom is -0.494 e. The van der Waals surface area contributed by atoms with Gasteiger partial charge in [0, 0.05) is 0 Å². The Bertz CT molecular complexity index is 633. The molecule has 2 aliphatic carbocycles. The Morgan fingerprint density at radius 1 is 0.528 bits per heavy atom. The van der Waals surface area contributed by atoms with Crippen molar-refractivity contribution in [1.82, 2.24) is 0 Å². The van der Waals surface area contributed by atoms with Crippen molar-refractivity contribution in [2.24, 2.45) is 17.8 Å². The predicted molar refractivity (Wildman–Crippen MR) is 158 cm³/mol. The molecule has 0 atom stereocenters. The highest BCUT2D eigenvalue weighted by Gasteiger charge is 2.22. The van der Waals surface area contributed by atoms with E-state index in [2.05, 4.69) is 38.1 Å². The fraction of sp³-hybridized carbons (Fsp3) is 0.829. The summed E-state index contributed by atoms with van der Waals surface area (Å²) in [6.45, 7) is 5.51. The lowest BCUT2D eigenvalue weighted by Crippen LogP contribution is -2.15. The Hall–Kier alpha value is -0.980. The molecule has 0 saturated heterocycles. The zero-order valence-electron chi connectivity index (χ0n) is 24.3. The van der Waals surface area contributed by atoms with E-state index in [9.17, 15) is 0 Å². The second-order valence-electron chi connectivity index (χ2n) is 12.6. The number of ether oxygens (including phenoxy) is 1. The van der Waals surface area contributed by atoms with E-state index in [0.29, 0.717) is 0 Å². The first kappa shape index (κ1) is 29.6. The summed E-state index contributed by atoms with van der Waals surface area (Å²) in [5.74, 6) is 4.84. The maximum Gasteiger partial charge on any atom is 0.119 e. The van der Waals surface area contributed by atoms with Crippen molar-refractivity contribution in [3.8, 4) is 5.75 Å². The third kappa shape index (κ3) is 11.6. The standard InChI is InChI=1S/C35H60O/c1-3-5-7-9-11-14-30-17-19-32(20-18-30)16-13-29-36-35-27-25-34(26-28-35)33-23-21-31(22-24-33)15-12-10-8-6-4-2/h25-28,30-33H,3-24,29H2,1-2H3. The summed E-state index contributed by atoms with van der Waals surface area (Å²) in [6, 6.07) is 9.19. The molecule has 36 heavy (non-hydrogen) atoms. The third-order valence-corrected chi connectivity index (χ3v) is 9.62. The molecule has 1 nitrogen and oxygen atoms in total. The first-order chi connectivity index (χ1) is 17.8. The second kappa shape index (κ2) is 18.3. The summed E-state index contributed by atoms with van der Waals surface area (Å²) in [5, 5.41) is 0. The van der Waals surface area contributed by atoms with Gasteiger partial charge < -0.3 is 4.74 Å². The molecule has 206 valence electrons. The van der Waals surface area contributed by atoms with Crippen LogP contribution in [0.1, 0.15) is 167 Å². The SMILES string of the molecule is CCCCCCCC1CCC(CCCOc2ccc(C3CCC(CCCCCCC)CC3)cc2)CC1. The predicted octanol–water partition coefficient (Wildman–Crippen LogP) is 11.6. The number of unbranched alkanes of at least 4 members (excludes halogenated alkanes) is 8. The average Bonchev–Trinajstić information content (AvgIpc) is 2.92. The summed E-state index contributed by atoms with van der Waals surface area (Å²) in [4.78, 5) is 0. The van der Waals surface area contributed by atoms with Crippen molar-refractivity contribution in [1.29, 1.82) is 0 Å². The Labute approximate surface area is 225 Å². The van der Waals surface area contributed by atoms with Crippen molar-refractivity contribution < 1.29 is 4.74 Å². The van der Waals surface area contributed by atoms with E-state index in [1.807, 2.05) is 0 Å². The summed E-state index contributed by atoms with van der Waals surface area (Å²) in [7, 11) is 0. The molecule has 0 unspecified atom stereocenters. The molecular weight excluding hydrogens is 436 g/mol. The molecular formula is C35H60O. The smallest absolute Gasteiger partial charge is 0.119 e. The van der Waals surface area contributed by atoms with E-state index in [4.69, 9.17) is 4.74 Å². The van der Waals surface area contributed by atoms with Crippen molar-refractivity contribution in [2.45, 2.75) is 161 Å². The van der Waals surface area contributed by atoms with Crippen molar-refractivity contribution in [3.05, 3.63) is 29.8 Å². The van der Waals surface area contributed by atoms with Crippen LogP contribution in [0, 0.1) is 17.8 Å². The minimum atomic E-state index is 0.779. The van der Waals surface area contributed by atoms with Crippen LogP contribution in [0.2, 0.25) is 0 Å². The maximum absolute atomic E-state index is 6.14. The van der Waals surface area contributed by atoms with Gasteiger partial charge in [0.1, 0.15) is 5.75 Å². The highest BCUT2D eigenvalue weighted by atomic mass is 16.5. The lowest BCUT2D eigenvalue weighted by Gasteiger charge is -2.29. The zero-order chi connectivity index (χ0) is 25.3. The van der Waals surface area contributed by atoms with Gasteiger partial charge in [0.2, 0.25) is 0 Å². The molecule has 0 heterocycles. The maximum atomic E-state index is 6.14. The van der Waals surface area contributed by atoms with Crippen molar-refractivity contribution in [3.63, 3.8) is 0 Å². The van der Waals surface area contributed by atoms with Gasteiger partial charge in [-0.25, -0.2) is 0 Å². The Morgan fingerprint density at radius 3 is 1.47 bits per heavy atom. The number of hydrogen-bond donors (Lipinski definition) is 0. The number of benzene rings is 1. The average molecular weight is 497 g/mol. The number of rotatable bonds is 18. The second-order valence-corrected chi connectivity index (χ2v) is 12.6. The van der Waals surface area contributed by atoms with Gasteiger partial charge in [0.05, 0.1) is 6.61 Å². The normalized spacial score (nSPS) is 24.6. The van der Waals surface area contributed by atoms with Crippen LogP contribution >= 0.6 is 0 Å². The lowest BCUT2D eigenvalue weighted by atomic mass is 9.77. The minimum absolute atomic E-state index is 0.779. The third-order valence-electron chi connectivity index (χ3n) is 9.62. The molecule has 2 aliphatic rings. The van der Waals surface area contributed by atoms with Crippen LogP contribution in [-0.2, 0) is 0 Å². The summed E-state index contributed by atoms with van der Waals surface area (Å²) in [6.07, 6.45) is 31.5. The molecule has 0 aliphatic heterocycles. The molecule has 0 amide bonds. The quantitative estimate of drug-likeness (QED) is 0.184. The van der Waals surface area contributed by atoms with E-state index >= 15 is 0 Å². The zero-order valence-corrected chi connectivity index (χ0v) is 24.3. The van der Waals surface area contributed by atoms with Gasteiger partial charge in [0.25, 0.3) is 0 Å². The van der Waals surface area contributed by atoms with Crippen molar-refractivity contribution in [2.75, 3.05) is 6.61 Å². The van der Waals surface area contributed by atoms with Gasteiger partial charge >= 0.3 is 0 Å². The van der Waals surface area contributed by atoms with E-state index < -0.39 is 0 Å². The molecule has 1 aromatic rings. The highest BCUT2D eigenvalue weighted by Crippen LogP contribution is 2.38. The fourth-order valence-electron chi connectivity index (χ4n) is 7.06. The first-order valence-electron chi connectivity index (χ1n) is 16.5. The van der Waals surface area contributed by atoms with Gasteiger partial charge in [0.15, 0.2) is 0 Å². The molecule has 1 heteroatoms. The molecule has 2 saturated carbocycles. The van der Waals surface area contributed by atoms with E-state index in [0.717, 1.165) is 36.0 Å². The number of hydrogen-bond acceptors (Lipinski definition) is 1. The molecule has 0 N–H and O–H groups in total. The Kier molecular flexibility index (Phi) is 15.0. The van der Waals surface area contributed by atoms with Gasteiger partial charge in [-0.2, -0.15) is 0 Å². The molecule has 0 bridgehead atoms. The molecule has 1 aromatic carbocycles. The monoisotopic (exact) mass is 496 g/mol. The highest BCUT2D eigenvalue weighted by molar-refractivity contribution is 5.29. The molecule has 2 fully saturated rings. The molecule has 3 rings (SSSR count). The van der Waals surface area contributed by atoms with E-state index in [1.54, 1.807) is 5.56 Å². The van der Waals surface area contributed by atoms with Gasteiger partial charge in [-0.1, -0.05) is 129 Å². The van der Waals surface area contributed by atoms with Crippen LogP contribution in [0.4, 0.5) is 0 Å². The Morgan fingerprint density at radius 2 is 0.972 bits per heavy atom. The van der Waals surface area contributed by atoms with Gasteiger partial charge in [-0.05, 0) is 79.9 Å². The topological polar surface area (TPSA) is 9.23 Å². The van der Waals surface area contributed by atoms with Crippen LogP contribution in [0.15, 0.2) is 24.3 Å². The molecule has 0 aromatic heterocycles. The first-order valence-corrected chi connectivity index (χ1v) is 16.5. The van der Waals surface area contributed by atoms with Crippen LogP contribution < -0.4 is 4.74 Å².